The van der Waals surface area contributed by atoms with E-state index < -0.39 is 29.7 Å². The maximum Gasteiger partial charge on any atom is 0.185 e. The van der Waals surface area contributed by atoms with Crippen LogP contribution in [0.15, 0.2) is 146 Å². The summed E-state index contributed by atoms with van der Waals surface area (Å²) in [5, 5.41) is 25.8. The summed E-state index contributed by atoms with van der Waals surface area (Å²) < 4.78 is 13.5. The number of rotatable bonds is 8. The second-order valence-corrected chi connectivity index (χ2v) is 10.7. The molecule has 5 aromatic carbocycles. The van der Waals surface area contributed by atoms with Crippen LogP contribution in [-0.4, -0.2) is 22.4 Å². The third-order valence-corrected chi connectivity index (χ3v) is 8.29. The molecule has 0 saturated carbocycles. The van der Waals surface area contributed by atoms with Gasteiger partial charge in [-0.05, 0) is 27.8 Å². The van der Waals surface area contributed by atoms with Gasteiger partial charge in [-0.1, -0.05) is 146 Å². The molecular weight excluding hydrogens is 528 g/mol. The molecule has 2 N–H and O–H groups in total. The Bertz CT molecular complexity index is 1370. The van der Waals surface area contributed by atoms with E-state index in [0.717, 1.165) is 11.1 Å². The van der Waals surface area contributed by atoms with Crippen molar-refractivity contribution in [3.8, 4) is 0 Å². The van der Waals surface area contributed by atoms with Crippen LogP contribution in [-0.2, 0) is 26.4 Å². The van der Waals surface area contributed by atoms with E-state index in [1.54, 1.807) is 0 Å². The van der Waals surface area contributed by atoms with Crippen LogP contribution in [0.4, 0.5) is 0 Å². The maximum atomic E-state index is 12.9. The lowest BCUT2D eigenvalue weighted by Crippen LogP contribution is -2.54. The highest BCUT2D eigenvalue weighted by molar-refractivity contribution is 7.79. The fraction of sp³-hybridized carbons (Fsp3) is 0.167. The number of aliphatic hydroxyl groups is 2. The molecule has 0 aromatic heterocycles. The third-order valence-electron chi connectivity index (χ3n) is 7.93. The summed E-state index contributed by atoms with van der Waals surface area (Å²) in [5.74, 6) is 0.613. The Labute approximate surface area is 246 Å². The summed E-state index contributed by atoms with van der Waals surface area (Å²) >= 11 is 4.39. The van der Waals surface area contributed by atoms with Crippen LogP contribution in [0, 0.1) is 0 Å². The van der Waals surface area contributed by atoms with Crippen LogP contribution in [0.5, 0.6) is 0 Å². The minimum Gasteiger partial charge on any atom is -0.378 e. The standard InChI is InChI=1S/C36H32O4S/c37-35(28-13-5-1-6-14-28,29-15-7-2-8-16-29)32-33(40-34(39-32)27-23-21-26(25-41)22-24-27)36(38,30-17-9-3-10-18-30)31-19-11-4-12-20-31/h1-24,32-34,37-38,41H,25H2/t32-,33-/m1/s1. The Morgan fingerprint density at radius 3 is 1.10 bits per heavy atom. The highest BCUT2D eigenvalue weighted by Crippen LogP contribution is 2.50. The number of hydrogen-bond donors (Lipinski definition) is 3. The molecule has 0 radical (unpaired) electrons. The fourth-order valence-electron chi connectivity index (χ4n) is 5.77. The minimum atomic E-state index is -1.66. The molecule has 0 aliphatic carbocycles. The molecule has 41 heavy (non-hydrogen) atoms. The molecule has 4 nitrogen and oxygen atoms in total. The highest BCUT2D eigenvalue weighted by atomic mass is 32.1. The first-order valence-corrected chi connectivity index (χ1v) is 14.4. The molecule has 5 aromatic rings. The second-order valence-electron chi connectivity index (χ2n) is 10.3. The van der Waals surface area contributed by atoms with Gasteiger partial charge in [0.1, 0.15) is 23.4 Å². The molecule has 206 valence electrons. The van der Waals surface area contributed by atoms with Gasteiger partial charge < -0.3 is 19.7 Å². The predicted octanol–water partition coefficient (Wildman–Crippen LogP) is 6.77. The van der Waals surface area contributed by atoms with Crippen molar-refractivity contribution in [1.82, 2.24) is 0 Å². The molecule has 0 amide bonds. The third kappa shape index (κ3) is 5.01. The largest absolute Gasteiger partial charge is 0.378 e. The summed E-state index contributed by atoms with van der Waals surface area (Å²) in [6.07, 6.45) is -2.85. The van der Waals surface area contributed by atoms with Gasteiger partial charge in [0.2, 0.25) is 0 Å². The van der Waals surface area contributed by atoms with Crippen LogP contribution in [0.1, 0.15) is 39.7 Å². The van der Waals surface area contributed by atoms with Crippen molar-refractivity contribution >= 4 is 12.6 Å². The first kappa shape index (κ1) is 27.5. The summed E-state index contributed by atoms with van der Waals surface area (Å²) in [4.78, 5) is 0. The SMILES string of the molecule is OC(c1ccccc1)(c1ccccc1)[C@@H]1OC(c2ccc(CS)cc2)O[C@H]1C(O)(c1ccccc1)c1ccccc1. The van der Waals surface area contributed by atoms with E-state index in [4.69, 9.17) is 9.47 Å². The predicted molar refractivity (Wildman–Crippen MR) is 163 cm³/mol. The minimum absolute atomic E-state index is 0.613. The molecule has 1 heterocycles. The van der Waals surface area contributed by atoms with Crippen LogP contribution < -0.4 is 0 Å². The molecule has 5 heteroatoms. The van der Waals surface area contributed by atoms with Gasteiger partial charge in [0.25, 0.3) is 0 Å². The summed E-state index contributed by atoms with van der Waals surface area (Å²) in [6, 6.07) is 45.7. The average Bonchev–Trinajstić information content (AvgIpc) is 3.52. The zero-order chi connectivity index (χ0) is 28.3. The van der Waals surface area contributed by atoms with Gasteiger partial charge in [0.05, 0.1) is 0 Å². The number of thiol groups is 1. The van der Waals surface area contributed by atoms with Crippen molar-refractivity contribution in [2.24, 2.45) is 0 Å². The lowest BCUT2D eigenvalue weighted by atomic mass is 9.72. The summed E-state index contributed by atoms with van der Waals surface area (Å²) in [7, 11) is 0. The van der Waals surface area contributed by atoms with Gasteiger partial charge in [-0.15, -0.1) is 0 Å². The van der Waals surface area contributed by atoms with Crippen molar-refractivity contribution in [3.05, 3.63) is 179 Å². The molecule has 6 rings (SSSR count). The average molecular weight is 561 g/mol. The monoisotopic (exact) mass is 560 g/mol. The van der Waals surface area contributed by atoms with E-state index in [1.165, 1.54) is 0 Å². The van der Waals surface area contributed by atoms with Crippen molar-refractivity contribution < 1.29 is 19.7 Å². The number of benzene rings is 5. The lowest BCUT2D eigenvalue weighted by molar-refractivity contribution is -0.110. The van der Waals surface area contributed by atoms with Crippen molar-refractivity contribution in [3.63, 3.8) is 0 Å². The molecule has 1 aliphatic heterocycles. The van der Waals surface area contributed by atoms with E-state index in [0.29, 0.717) is 28.0 Å². The van der Waals surface area contributed by atoms with Crippen molar-refractivity contribution in [2.45, 2.75) is 35.5 Å². The molecule has 1 saturated heterocycles. The Hall–Kier alpha value is -3.71. The zero-order valence-corrected chi connectivity index (χ0v) is 23.3. The maximum absolute atomic E-state index is 12.9. The number of hydrogen-bond acceptors (Lipinski definition) is 5. The van der Waals surface area contributed by atoms with Crippen molar-refractivity contribution in [2.75, 3.05) is 0 Å². The van der Waals surface area contributed by atoms with E-state index >= 15 is 0 Å². The lowest BCUT2D eigenvalue weighted by Gasteiger charge is -2.42. The molecule has 2 atom stereocenters. The summed E-state index contributed by atoms with van der Waals surface area (Å²) in [5.41, 5.74) is 1.08. The smallest absolute Gasteiger partial charge is 0.185 e. The molecule has 1 fully saturated rings. The molecule has 1 aliphatic rings. The van der Waals surface area contributed by atoms with Crippen LogP contribution in [0.2, 0.25) is 0 Å². The van der Waals surface area contributed by atoms with Crippen molar-refractivity contribution in [1.29, 1.82) is 0 Å². The van der Waals surface area contributed by atoms with Gasteiger partial charge >= 0.3 is 0 Å². The highest BCUT2D eigenvalue weighted by Gasteiger charge is 2.59. The second kappa shape index (κ2) is 11.6. The molecule has 0 unspecified atom stereocenters. The zero-order valence-electron chi connectivity index (χ0n) is 22.5. The van der Waals surface area contributed by atoms with Gasteiger partial charge in [0.15, 0.2) is 6.29 Å². The Morgan fingerprint density at radius 2 is 0.805 bits per heavy atom. The van der Waals surface area contributed by atoms with E-state index in [9.17, 15) is 10.2 Å². The summed E-state index contributed by atoms with van der Waals surface area (Å²) in [6.45, 7) is 0. The topological polar surface area (TPSA) is 58.9 Å². The van der Waals surface area contributed by atoms with E-state index in [2.05, 4.69) is 12.6 Å². The van der Waals surface area contributed by atoms with Crippen LogP contribution >= 0.6 is 12.6 Å². The van der Waals surface area contributed by atoms with E-state index in [-0.39, 0.29) is 0 Å². The molecular formula is C36H32O4S. The molecule has 0 spiro atoms. The first-order chi connectivity index (χ1) is 20.0. The number of ether oxygens (including phenoxy) is 2. The molecule has 0 bridgehead atoms. The Balaban J connectivity index is 1.58. The van der Waals surface area contributed by atoms with Gasteiger partial charge in [-0.2, -0.15) is 12.6 Å². The van der Waals surface area contributed by atoms with E-state index in [1.807, 2.05) is 146 Å². The first-order valence-electron chi connectivity index (χ1n) is 13.7. The van der Waals surface area contributed by atoms with Crippen LogP contribution in [0.3, 0.4) is 0 Å². The van der Waals surface area contributed by atoms with Crippen LogP contribution in [0.25, 0.3) is 0 Å². The quantitative estimate of drug-likeness (QED) is 0.183. The van der Waals surface area contributed by atoms with Gasteiger partial charge in [0, 0.05) is 11.3 Å². The van der Waals surface area contributed by atoms with Gasteiger partial charge in [-0.3, -0.25) is 0 Å². The normalized spacial score (nSPS) is 17.9. The fourth-order valence-corrected chi connectivity index (χ4v) is 5.98. The Morgan fingerprint density at radius 1 is 0.488 bits per heavy atom. The Kier molecular flexibility index (Phi) is 7.80. The van der Waals surface area contributed by atoms with Gasteiger partial charge in [-0.25, -0.2) is 0 Å².